The molecular weight excluding hydrogens is 470 g/mol. The second-order valence-corrected chi connectivity index (χ2v) is 11.7. The Morgan fingerprint density at radius 1 is 0.848 bits per heavy atom. The Kier molecular flexibility index (Phi) is 5.24. The van der Waals surface area contributed by atoms with Crippen molar-refractivity contribution in [3.05, 3.63) is 77.4 Å². The fourth-order valence-corrected chi connectivity index (χ4v) is 5.61. The molecule has 0 bridgehead atoms. The lowest BCUT2D eigenvalue weighted by molar-refractivity contribution is 0.302. The molecule has 3 nitrogen and oxygen atoms in total. The summed E-state index contributed by atoms with van der Waals surface area (Å²) in [7, 11) is 0. The van der Waals surface area contributed by atoms with Crippen LogP contribution in [0.15, 0.2) is 77.4 Å². The Labute approximate surface area is 204 Å². The smallest absolute Gasteiger partial charge is 0.139 e. The normalized spacial score (nSPS) is 12.7. The van der Waals surface area contributed by atoms with Crippen molar-refractivity contribution in [1.29, 1.82) is 0 Å². The molecule has 4 heteroatoms. The quantitative estimate of drug-likeness (QED) is 0.250. The lowest BCUT2D eigenvalue weighted by Gasteiger charge is -2.34. The van der Waals surface area contributed by atoms with Gasteiger partial charge in [-0.2, -0.15) is 0 Å². The number of rotatable bonds is 4. The topological polar surface area (TPSA) is 29.3 Å². The first-order valence-corrected chi connectivity index (χ1v) is 12.3. The summed E-state index contributed by atoms with van der Waals surface area (Å²) in [5.74, 6) is 1.03. The van der Waals surface area contributed by atoms with Gasteiger partial charge in [0.2, 0.25) is 0 Å². The molecule has 0 unspecified atom stereocenters. The third-order valence-corrected chi connectivity index (χ3v) is 6.49. The van der Waals surface area contributed by atoms with Gasteiger partial charge < -0.3 is 5.32 Å². The summed E-state index contributed by atoms with van der Waals surface area (Å²) in [6.45, 7) is 11.4. The molecule has 0 saturated heterocycles. The van der Waals surface area contributed by atoms with E-state index in [0.29, 0.717) is 0 Å². The van der Waals surface area contributed by atoms with Gasteiger partial charge in [-0.1, -0.05) is 69.3 Å². The van der Waals surface area contributed by atoms with Crippen LogP contribution in [0.4, 0.5) is 5.82 Å². The maximum atomic E-state index is 5.18. The Morgan fingerprint density at radius 3 is 2.06 bits per heavy atom. The van der Waals surface area contributed by atoms with E-state index >= 15 is 0 Å². The summed E-state index contributed by atoms with van der Waals surface area (Å²) in [6, 6.07) is 23.6. The number of pyridine rings is 1. The number of imidazole rings is 1. The van der Waals surface area contributed by atoms with Gasteiger partial charge in [0.25, 0.3) is 0 Å². The second-order valence-electron chi connectivity index (χ2n) is 10.8. The molecule has 3 aromatic carbocycles. The lowest BCUT2D eigenvalue weighted by atomic mass is 9.81. The number of nitrogens with zero attached hydrogens (tertiary/aromatic N) is 2. The summed E-state index contributed by atoms with van der Waals surface area (Å²) >= 11 is 3.66. The van der Waals surface area contributed by atoms with Crippen LogP contribution in [0.1, 0.15) is 41.0 Å². The SMILES string of the molecule is CC(C)(C)CC(C)(C)Nc1c(-c2c3ccccc3cc3ccccc23)nc2ccc(Br)cn12. The molecule has 0 spiro atoms. The summed E-state index contributed by atoms with van der Waals surface area (Å²) in [4.78, 5) is 5.18. The summed E-state index contributed by atoms with van der Waals surface area (Å²) in [6.07, 6.45) is 3.13. The minimum absolute atomic E-state index is 0.119. The van der Waals surface area contributed by atoms with Crippen molar-refractivity contribution in [1.82, 2.24) is 9.38 Å². The predicted molar refractivity (Wildman–Crippen MR) is 145 cm³/mol. The van der Waals surface area contributed by atoms with Crippen molar-refractivity contribution in [2.24, 2.45) is 5.41 Å². The molecule has 0 fully saturated rings. The molecule has 2 heterocycles. The Morgan fingerprint density at radius 2 is 1.45 bits per heavy atom. The largest absolute Gasteiger partial charge is 0.364 e. The number of hydrogen-bond acceptors (Lipinski definition) is 2. The summed E-state index contributed by atoms with van der Waals surface area (Å²) in [5.41, 5.74) is 3.18. The van der Waals surface area contributed by atoms with Gasteiger partial charge in [0.15, 0.2) is 0 Å². The van der Waals surface area contributed by atoms with Crippen molar-refractivity contribution >= 4 is 48.9 Å². The monoisotopic (exact) mass is 499 g/mol. The molecular formula is C29H30BrN3. The van der Waals surface area contributed by atoms with Gasteiger partial charge in [-0.05, 0) is 81.4 Å². The van der Waals surface area contributed by atoms with Crippen LogP contribution in [-0.4, -0.2) is 14.9 Å². The number of benzene rings is 3. The standard InChI is InChI=1S/C29H30BrN3/c1-28(2,3)18-29(4,5)32-27-26(31-24-15-14-21(30)17-33(24)27)25-22-12-8-6-10-19(22)16-20-11-7-9-13-23(20)25/h6-17,32H,18H2,1-5H3. The van der Waals surface area contributed by atoms with E-state index in [1.807, 2.05) is 0 Å². The number of halogens is 1. The van der Waals surface area contributed by atoms with Crippen molar-refractivity contribution in [3.8, 4) is 11.3 Å². The number of anilines is 1. The Bertz CT molecular complexity index is 1430. The van der Waals surface area contributed by atoms with Crippen LogP contribution in [0.5, 0.6) is 0 Å². The van der Waals surface area contributed by atoms with E-state index in [1.165, 1.54) is 27.1 Å². The molecule has 0 aliphatic rings. The van der Waals surface area contributed by atoms with Gasteiger partial charge in [0.05, 0.1) is 0 Å². The van der Waals surface area contributed by atoms with Crippen molar-refractivity contribution in [2.75, 3.05) is 5.32 Å². The van der Waals surface area contributed by atoms with E-state index in [0.717, 1.165) is 28.1 Å². The van der Waals surface area contributed by atoms with Gasteiger partial charge in [-0.15, -0.1) is 0 Å². The first-order chi connectivity index (χ1) is 15.6. The lowest BCUT2D eigenvalue weighted by Crippen LogP contribution is -2.36. The highest BCUT2D eigenvalue weighted by atomic mass is 79.9. The summed E-state index contributed by atoms with van der Waals surface area (Å²) in [5, 5.41) is 8.79. The average molecular weight is 500 g/mol. The van der Waals surface area contributed by atoms with Gasteiger partial charge in [-0.3, -0.25) is 4.40 Å². The molecule has 33 heavy (non-hydrogen) atoms. The minimum Gasteiger partial charge on any atom is -0.364 e. The van der Waals surface area contributed by atoms with Crippen LogP contribution in [-0.2, 0) is 0 Å². The van der Waals surface area contributed by atoms with Crippen LogP contribution in [0.2, 0.25) is 0 Å². The summed E-state index contributed by atoms with van der Waals surface area (Å²) < 4.78 is 3.21. The fraction of sp³-hybridized carbons (Fsp3) is 0.276. The third-order valence-electron chi connectivity index (χ3n) is 6.02. The maximum Gasteiger partial charge on any atom is 0.139 e. The average Bonchev–Trinajstić information content (AvgIpc) is 3.06. The van der Waals surface area contributed by atoms with E-state index in [9.17, 15) is 0 Å². The van der Waals surface area contributed by atoms with Crippen LogP contribution in [0.3, 0.4) is 0 Å². The third kappa shape index (κ3) is 4.24. The fourth-order valence-electron chi connectivity index (χ4n) is 5.27. The number of aromatic nitrogens is 2. The highest BCUT2D eigenvalue weighted by Gasteiger charge is 2.29. The zero-order valence-electron chi connectivity index (χ0n) is 19.9. The van der Waals surface area contributed by atoms with Crippen LogP contribution >= 0.6 is 15.9 Å². The van der Waals surface area contributed by atoms with E-state index in [2.05, 4.69) is 133 Å². The number of hydrogen-bond donors (Lipinski definition) is 1. The number of nitrogens with one attached hydrogen (secondary N) is 1. The Balaban J connectivity index is 1.84. The highest BCUT2D eigenvalue weighted by Crippen LogP contribution is 2.41. The predicted octanol–water partition coefficient (Wildman–Crippen LogP) is 8.70. The van der Waals surface area contributed by atoms with Crippen molar-refractivity contribution in [2.45, 2.75) is 46.6 Å². The maximum absolute atomic E-state index is 5.18. The zero-order valence-corrected chi connectivity index (χ0v) is 21.5. The van der Waals surface area contributed by atoms with Crippen LogP contribution in [0.25, 0.3) is 38.4 Å². The van der Waals surface area contributed by atoms with E-state index in [4.69, 9.17) is 4.98 Å². The van der Waals surface area contributed by atoms with E-state index in [1.54, 1.807) is 0 Å². The second kappa shape index (κ2) is 7.88. The van der Waals surface area contributed by atoms with Gasteiger partial charge >= 0.3 is 0 Å². The molecule has 0 aliphatic heterocycles. The molecule has 5 aromatic rings. The van der Waals surface area contributed by atoms with Gasteiger partial charge in [0, 0.05) is 21.8 Å². The molecule has 168 valence electrons. The van der Waals surface area contributed by atoms with Crippen molar-refractivity contribution in [3.63, 3.8) is 0 Å². The molecule has 0 aliphatic carbocycles. The molecule has 5 rings (SSSR count). The van der Waals surface area contributed by atoms with E-state index in [-0.39, 0.29) is 11.0 Å². The highest BCUT2D eigenvalue weighted by molar-refractivity contribution is 9.10. The molecule has 0 amide bonds. The molecule has 1 N–H and O–H groups in total. The van der Waals surface area contributed by atoms with Crippen molar-refractivity contribution < 1.29 is 0 Å². The molecule has 0 atom stereocenters. The first kappa shape index (κ1) is 22.0. The zero-order chi connectivity index (χ0) is 23.4. The molecule has 0 saturated carbocycles. The minimum atomic E-state index is -0.119. The molecule has 2 aromatic heterocycles. The first-order valence-electron chi connectivity index (χ1n) is 11.5. The van der Waals surface area contributed by atoms with Gasteiger partial charge in [0.1, 0.15) is 17.2 Å². The molecule has 0 radical (unpaired) electrons. The number of fused-ring (bicyclic) bond motifs is 3. The van der Waals surface area contributed by atoms with Crippen LogP contribution in [0, 0.1) is 5.41 Å². The Hall–Kier alpha value is -2.85. The van der Waals surface area contributed by atoms with Gasteiger partial charge in [-0.25, -0.2) is 4.98 Å². The van der Waals surface area contributed by atoms with E-state index < -0.39 is 0 Å². The van der Waals surface area contributed by atoms with Crippen LogP contribution < -0.4 is 5.32 Å².